The number of rotatable bonds is 2. The van der Waals surface area contributed by atoms with Crippen LogP contribution in [0.1, 0.15) is 5.56 Å². The maximum atomic E-state index is 13.3. The van der Waals surface area contributed by atoms with Crippen LogP contribution >= 0.6 is 15.9 Å². The van der Waals surface area contributed by atoms with Gasteiger partial charge >= 0.3 is 5.97 Å². The summed E-state index contributed by atoms with van der Waals surface area (Å²) in [6.07, 6.45) is 0. The highest BCUT2D eigenvalue weighted by Gasteiger charge is 2.27. The van der Waals surface area contributed by atoms with Gasteiger partial charge in [-0.25, -0.2) is 14.2 Å². The van der Waals surface area contributed by atoms with E-state index in [4.69, 9.17) is 4.74 Å². The molecule has 4 nitrogen and oxygen atoms in total. The summed E-state index contributed by atoms with van der Waals surface area (Å²) in [7, 11) is 1.29. The molecule has 0 bridgehead atoms. The van der Waals surface area contributed by atoms with E-state index in [0.717, 1.165) is 0 Å². The van der Waals surface area contributed by atoms with Crippen molar-refractivity contribution in [3.05, 3.63) is 34.1 Å². The van der Waals surface area contributed by atoms with Crippen molar-refractivity contribution in [1.29, 1.82) is 0 Å². The lowest BCUT2D eigenvalue weighted by molar-refractivity contribution is -0.142. The maximum Gasteiger partial charge on any atom is 0.334 e. The number of hydrogen-bond acceptors (Lipinski definition) is 4. The SMILES string of the molecule is COC(=O)[C@@H]1COC(c2ccc(Br)c(F)c2)=N1. The summed E-state index contributed by atoms with van der Waals surface area (Å²) >= 11 is 3.05. The van der Waals surface area contributed by atoms with Crippen LogP contribution in [0.5, 0.6) is 0 Å². The number of nitrogens with zero attached hydrogens (tertiary/aromatic N) is 1. The molecule has 1 atom stereocenters. The van der Waals surface area contributed by atoms with E-state index in [-0.39, 0.29) is 12.5 Å². The fourth-order valence-electron chi connectivity index (χ4n) is 1.42. The van der Waals surface area contributed by atoms with Gasteiger partial charge in [0.15, 0.2) is 6.04 Å². The Hall–Kier alpha value is -1.43. The molecule has 0 unspecified atom stereocenters. The first kappa shape index (κ1) is 12.0. The first-order chi connectivity index (χ1) is 8.11. The predicted octanol–water partition coefficient (Wildman–Crippen LogP) is 1.91. The van der Waals surface area contributed by atoms with Gasteiger partial charge in [-0.15, -0.1) is 0 Å². The number of aliphatic imine (C=N–C) groups is 1. The summed E-state index contributed by atoms with van der Waals surface area (Å²) in [5, 5.41) is 0. The summed E-state index contributed by atoms with van der Waals surface area (Å²) in [5.41, 5.74) is 0.497. The zero-order valence-electron chi connectivity index (χ0n) is 8.94. The van der Waals surface area contributed by atoms with Gasteiger partial charge in [0, 0.05) is 5.56 Å². The van der Waals surface area contributed by atoms with Crippen LogP contribution in [-0.2, 0) is 14.3 Å². The monoisotopic (exact) mass is 301 g/mol. The summed E-state index contributed by atoms with van der Waals surface area (Å²) < 4.78 is 23.5. The molecule has 1 heterocycles. The van der Waals surface area contributed by atoms with Crippen LogP contribution in [0.15, 0.2) is 27.7 Å². The molecule has 0 saturated carbocycles. The van der Waals surface area contributed by atoms with Crippen molar-refractivity contribution >= 4 is 27.8 Å². The van der Waals surface area contributed by atoms with Crippen molar-refractivity contribution in [2.24, 2.45) is 4.99 Å². The second-order valence-corrected chi connectivity index (χ2v) is 4.27. The lowest BCUT2D eigenvalue weighted by atomic mass is 10.2. The number of halogens is 2. The Balaban J connectivity index is 2.24. The first-order valence-corrected chi connectivity index (χ1v) is 5.65. The van der Waals surface area contributed by atoms with Crippen LogP contribution in [0.4, 0.5) is 4.39 Å². The van der Waals surface area contributed by atoms with Gasteiger partial charge in [0.2, 0.25) is 5.90 Å². The topological polar surface area (TPSA) is 47.9 Å². The van der Waals surface area contributed by atoms with Gasteiger partial charge in [-0.3, -0.25) is 0 Å². The quantitative estimate of drug-likeness (QED) is 0.784. The lowest BCUT2D eigenvalue weighted by Gasteiger charge is -2.02. The van der Waals surface area contributed by atoms with E-state index in [2.05, 4.69) is 25.7 Å². The minimum absolute atomic E-state index is 0.125. The van der Waals surface area contributed by atoms with E-state index in [0.29, 0.717) is 10.0 Å². The average Bonchev–Trinajstić information content (AvgIpc) is 2.81. The number of carbonyl (C=O) groups is 1. The highest BCUT2D eigenvalue weighted by Crippen LogP contribution is 2.19. The third-order valence-corrected chi connectivity index (χ3v) is 2.93. The average molecular weight is 302 g/mol. The highest BCUT2D eigenvalue weighted by atomic mass is 79.9. The van der Waals surface area contributed by atoms with E-state index < -0.39 is 17.8 Å². The summed E-state index contributed by atoms with van der Waals surface area (Å²) in [6, 6.07) is 3.85. The molecule has 0 fully saturated rings. The van der Waals surface area contributed by atoms with Crippen LogP contribution in [0, 0.1) is 5.82 Å². The van der Waals surface area contributed by atoms with Crippen LogP contribution in [0.2, 0.25) is 0 Å². The van der Waals surface area contributed by atoms with Crippen LogP contribution in [0.3, 0.4) is 0 Å². The Morgan fingerprint density at radius 3 is 3.06 bits per heavy atom. The molecule has 0 saturated heterocycles. The standard InChI is InChI=1S/C11H9BrFNO3/c1-16-11(15)9-5-17-10(14-9)6-2-3-7(12)8(13)4-6/h2-4,9H,5H2,1H3/t9-/m0/s1. The zero-order chi connectivity index (χ0) is 12.4. The van der Waals surface area contributed by atoms with E-state index >= 15 is 0 Å². The Morgan fingerprint density at radius 2 is 2.41 bits per heavy atom. The second kappa shape index (κ2) is 4.83. The molecular weight excluding hydrogens is 293 g/mol. The Labute approximate surface area is 106 Å². The smallest absolute Gasteiger partial charge is 0.334 e. The van der Waals surface area contributed by atoms with Gasteiger partial charge in [0.25, 0.3) is 0 Å². The fraction of sp³-hybridized carbons (Fsp3) is 0.273. The van der Waals surface area contributed by atoms with Crippen LogP contribution < -0.4 is 0 Å². The number of ether oxygens (including phenoxy) is 2. The van der Waals surface area contributed by atoms with Gasteiger partial charge in [-0.1, -0.05) is 0 Å². The molecule has 1 aliphatic heterocycles. The van der Waals surface area contributed by atoms with Gasteiger partial charge in [0.1, 0.15) is 12.4 Å². The third-order valence-electron chi connectivity index (χ3n) is 2.29. The van der Waals surface area contributed by atoms with Crippen molar-refractivity contribution in [2.75, 3.05) is 13.7 Å². The van der Waals surface area contributed by atoms with Gasteiger partial charge in [-0.05, 0) is 34.1 Å². The Kier molecular flexibility index (Phi) is 3.42. The van der Waals surface area contributed by atoms with Crippen molar-refractivity contribution in [1.82, 2.24) is 0 Å². The third kappa shape index (κ3) is 2.46. The molecule has 2 rings (SSSR count). The van der Waals surface area contributed by atoms with E-state index in [9.17, 15) is 9.18 Å². The van der Waals surface area contributed by atoms with Gasteiger partial charge < -0.3 is 9.47 Å². The fourth-order valence-corrected chi connectivity index (χ4v) is 1.66. The van der Waals surface area contributed by atoms with Gasteiger partial charge in [-0.2, -0.15) is 0 Å². The van der Waals surface area contributed by atoms with Gasteiger partial charge in [0.05, 0.1) is 11.6 Å². The molecule has 0 aromatic heterocycles. The summed E-state index contributed by atoms with van der Waals surface area (Å²) in [6.45, 7) is 0.125. The predicted molar refractivity (Wildman–Crippen MR) is 62.4 cm³/mol. The van der Waals surface area contributed by atoms with Crippen LogP contribution in [-0.4, -0.2) is 31.6 Å². The number of hydrogen-bond donors (Lipinski definition) is 0. The molecule has 0 aliphatic carbocycles. The first-order valence-electron chi connectivity index (χ1n) is 4.85. The lowest BCUT2D eigenvalue weighted by Crippen LogP contribution is -2.21. The van der Waals surface area contributed by atoms with E-state index in [1.807, 2.05) is 0 Å². The van der Waals surface area contributed by atoms with Crippen molar-refractivity contribution in [2.45, 2.75) is 6.04 Å². The Morgan fingerprint density at radius 1 is 1.65 bits per heavy atom. The normalized spacial score (nSPS) is 18.5. The molecule has 6 heteroatoms. The molecule has 0 N–H and O–H groups in total. The van der Waals surface area contributed by atoms with E-state index in [1.54, 1.807) is 12.1 Å². The number of benzene rings is 1. The molecule has 1 aliphatic rings. The molecular formula is C11H9BrFNO3. The van der Waals surface area contributed by atoms with Crippen molar-refractivity contribution in [3.63, 3.8) is 0 Å². The molecule has 0 amide bonds. The second-order valence-electron chi connectivity index (χ2n) is 3.41. The number of carbonyl (C=O) groups excluding carboxylic acids is 1. The van der Waals surface area contributed by atoms with Crippen LogP contribution in [0.25, 0.3) is 0 Å². The highest BCUT2D eigenvalue weighted by molar-refractivity contribution is 9.10. The molecule has 17 heavy (non-hydrogen) atoms. The molecule has 1 aromatic carbocycles. The minimum Gasteiger partial charge on any atom is -0.475 e. The Bertz CT molecular complexity index is 490. The zero-order valence-corrected chi connectivity index (χ0v) is 10.5. The molecule has 1 aromatic rings. The van der Waals surface area contributed by atoms with E-state index in [1.165, 1.54) is 13.2 Å². The molecule has 0 radical (unpaired) electrons. The van der Waals surface area contributed by atoms with Crippen molar-refractivity contribution in [3.8, 4) is 0 Å². The number of esters is 1. The summed E-state index contributed by atoms with van der Waals surface area (Å²) in [5.74, 6) is -0.611. The minimum atomic E-state index is -0.665. The number of methoxy groups -OCH3 is 1. The molecule has 0 spiro atoms. The maximum absolute atomic E-state index is 13.3. The summed E-state index contributed by atoms with van der Waals surface area (Å²) in [4.78, 5) is 15.3. The largest absolute Gasteiger partial charge is 0.475 e. The van der Waals surface area contributed by atoms with Crippen molar-refractivity contribution < 1.29 is 18.7 Å². The molecule has 90 valence electrons.